The lowest BCUT2D eigenvalue weighted by Crippen LogP contribution is -2.78. The van der Waals surface area contributed by atoms with Crippen LogP contribution in [-0.2, 0) is 21.2 Å². The van der Waals surface area contributed by atoms with Crippen LogP contribution in [0.4, 0.5) is 13.2 Å². The maximum Gasteiger partial charge on any atom is 0.416 e. The Morgan fingerprint density at radius 3 is 1.97 bits per heavy atom. The van der Waals surface area contributed by atoms with Crippen LogP contribution < -0.4 is 0 Å². The summed E-state index contributed by atoms with van der Waals surface area (Å²) < 4.78 is 38.3. The molecule has 3 aliphatic carbocycles. The van der Waals surface area contributed by atoms with E-state index in [1.54, 1.807) is 12.4 Å². The molecule has 6 rings (SSSR count). The highest BCUT2D eigenvalue weighted by atomic mass is 19.4. The van der Waals surface area contributed by atoms with E-state index in [4.69, 9.17) is 0 Å². The van der Waals surface area contributed by atoms with Crippen LogP contribution in [0.25, 0.3) is 0 Å². The van der Waals surface area contributed by atoms with E-state index in [1.165, 1.54) is 22.6 Å². The van der Waals surface area contributed by atoms with E-state index in [-0.39, 0.29) is 41.5 Å². The quantitative estimate of drug-likeness (QED) is 0.726. The summed E-state index contributed by atoms with van der Waals surface area (Å²) in [4.78, 5) is 31.2. The monoisotopic (exact) mass is 400 g/mol. The van der Waals surface area contributed by atoms with Crippen molar-refractivity contribution in [3.63, 3.8) is 0 Å². The number of aromatic nitrogens is 1. The van der Waals surface area contributed by atoms with Crippen molar-refractivity contribution in [1.82, 2.24) is 9.88 Å². The Labute approximate surface area is 165 Å². The molecule has 2 aromatic rings. The van der Waals surface area contributed by atoms with Crippen molar-refractivity contribution in [2.24, 2.45) is 0 Å². The number of halogens is 3. The maximum absolute atomic E-state index is 12.8. The summed E-state index contributed by atoms with van der Waals surface area (Å²) in [5.74, 6) is -0.793. The Hall–Kier alpha value is -2.70. The smallest absolute Gasteiger partial charge is 0.276 e. The van der Waals surface area contributed by atoms with Gasteiger partial charge >= 0.3 is 6.18 Å². The minimum atomic E-state index is -4.40. The second-order valence-corrected chi connectivity index (χ2v) is 8.62. The van der Waals surface area contributed by atoms with Crippen molar-refractivity contribution in [3.05, 3.63) is 65.5 Å². The van der Waals surface area contributed by atoms with Crippen molar-refractivity contribution in [3.8, 4) is 0 Å². The minimum absolute atomic E-state index is 0.0494. The van der Waals surface area contributed by atoms with Crippen LogP contribution >= 0.6 is 0 Å². The van der Waals surface area contributed by atoms with Crippen molar-refractivity contribution < 1.29 is 22.8 Å². The average molecular weight is 400 g/mol. The Kier molecular flexibility index (Phi) is 3.73. The Balaban J connectivity index is 1.29. The standard InChI is InChI=1S/C22H19F3N2O2/c23-22(24,25)17-3-1-14(2-4-17)15-9-18(28)27(19(29)10-15)21-11-20(12-21,13-21)16-5-7-26-8-6-16/h1-8,15H,9-13H2. The first-order valence-electron chi connectivity index (χ1n) is 9.66. The molecule has 0 unspecified atom stereocenters. The average Bonchev–Trinajstić information content (AvgIpc) is 2.62. The molecule has 1 aromatic carbocycles. The number of alkyl halides is 3. The number of carbonyl (C=O) groups excluding carboxylic acids is 2. The zero-order chi connectivity index (χ0) is 20.4. The minimum Gasteiger partial charge on any atom is -0.276 e. The molecule has 3 saturated carbocycles. The molecule has 0 spiro atoms. The molecule has 29 heavy (non-hydrogen) atoms. The number of pyridine rings is 1. The molecule has 1 saturated heterocycles. The lowest BCUT2D eigenvalue weighted by atomic mass is 9.36. The summed E-state index contributed by atoms with van der Waals surface area (Å²) >= 11 is 0. The highest BCUT2D eigenvalue weighted by Crippen LogP contribution is 2.70. The van der Waals surface area contributed by atoms with Crippen LogP contribution in [-0.4, -0.2) is 27.2 Å². The van der Waals surface area contributed by atoms with Crippen molar-refractivity contribution >= 4 is 11.8 Å². The first-order valence-corrected chi connectivity index (χ1v) is 9.66. The normalized spacial score (nSPS) is 29.4. The Morgan fingerprint density at radius 2 is 1.45 bits per heavy atom. The van der Waals surface area contributed by atoms with Crippen LogP contribution in [0.2, 0.25) is 0 Å². The van der Waals surface area contributed by atoms with Gasteiger partial charge in [0, 0.05) is 36.6 Å². The fourth-order valence-corrected chi connectivity index (χ4v) is 5.51. The van der Waals surface area contributed by atoms with E-state index in [9.17, 15) is 22.8 Å². The number of piperidine rings is 1. The molecule has 1 aliphatic heterocycles. The van der Waals surface area contributed by atoms with Crippen molar-refractivity contribution in [2.45, 2.75) is 55.2 Å². The largest absolute Gasteiger partial charge is 0.416 e. The molecule has 1 aromatic heterocycles. The molecular weight excluding hydrogens is 381 g/mol. The van der Waals surface area contributed by atoms with Gasteiger partial charge < -0.3 is 0 Å². The van der Waals surface area contributed by atoms with Crippen LogP contribution in [0.3, 0.4) is 0 Å². The van der Waals surface area contributed by atoms with Gasteiger partial charge in [0.05, 0.1) is 11.1 Å². The molecule has 0 atom stereocenters. The van der Waals surface area contributed by atoms with E-state index in [2.05, 4.69) is 4.98 Å². The van der Waals surface area contributed by atoms with Gasteiger partial charge in [-0.3, -0.25) is 19.5 Å². The fourth-order valence-electron chi connectivity index (χ4n) is 5.51. The summed E-state index contributed by atoms with van der Waals surface area (Å²) in [6.07, 6.45) is 1.78. The third-order valence-corrected chi connectivity index (χ3v) is 6.82. The van der Waals surface area contributed by atoms with E-state index < -0.39 is 11.7 Å². The van der Waals surface area contributed by atoms with Gasteiger partial charge in [-0.05, 0) is 54.7 Å². The summed E-state index contributed by atoms with van der Waals surface area (Å²) in [5.41, 5.74) is 0.752. The molecule has 4 aliphatic rings. The van der Waals surface area contributed by atoms with Crippen LogP contribution in [0.15, 0.2) is 48.8 Å². The summed E-state index contributed by atoms with van der Waals surface area (Å²) in [6.45, 7) is 0. The molecule has 4 nitrogen and oxygen atoms in total. The Bertz CT molecular complexity index is 948. The lowest BCUT2D eigenvalue weighted by Gasteiger charge is -2.73. The summed E-state index contributed by atoms with van der Waals surface area (Å²) in [7, 11) is 0. The van der Waals surface area contributed by atoms with Crippen LogP contribution in [0, 0.1) is 0 Å². The van der Waals surface area contributed by atoms with Gasteiger partial charge in [0.1, 0.15) is 0 Å². The number of nitrogens with zero attached hydrogens (tertiary/aromatic N) is 2. The summed E-state index contributed by atoms with van der Waals surface area (Å²) in [5, 5.41) is 0. The predicted molar refractivity (Wildman–Crippen MR) is 97.8 cm³/mol. The number of rotatable bonds is 3. The number of benzene rings is 1. The first-order chi connectivity index (χ1) is 13.7. The van der Waals surface area contributed by atoms with Crippen molar-refractivity contribution in [2.75, 3.05) is 0 Å². The Morgan fingerprint density at radius 1 is 0.897 bits per heavy atom. The van der Waals surface area contributed by atoms with Gasteiger partial charge in [-0.1, -0.05) is 12.1 Å². The van der Waals surface area contributed by atoms with Crippen molar-refractivity contribution in [1.29, 1.82) is 0 Å². The second kappa shape index (κ2) is 5.90. The topological polar surface area (TPSA) is 50.3 Å². The first kappa shape index (κ1) is 18.3. The summed E-state index contributed by atoms with van der Waals surface area (Å²) in [6, 6.07) is 8.76. The molecule has 2 amide bonds. The van der Waals surface area contributed by atoms with Crippen LogP contribution in [0.5, 0.6) is 0 Å². The molecular formula is C22H19F3N2O2. The molecule has 0 radical (unpaired) electrons. The zero-order valence-electron chi connectivity index (χ0n) is 15.6. The third kappa shape index (κ3) is 2.70. The molecule has 2 heterocycles. The van der Waals surface area contributed by atoms with E-state index in [0.717, 1.165) is 31.4 Å². The van der Waals surface area contributed by atoms with Gasteiger partial charge in [0.2, 0.25) is 11.8 Å². The lowest BCUT2D eigenvalue weighted by molar-refractivity contribution is -0.195. The van der Waals surface area contributed by atoms with Gasteiger partial charge in [0.25, 0.3) is 0 Å². The number of amides is 2. The van der Waals surface area contributed by atoms with Gasteiger partial charge in [0.15, 0.2) is 0 Å². The fraction of sp³-hybridized carbons (Fsp3) is 0.409. The molecule has 7 heteroatoms. The molecule has 150 valence electrons. The molecule has 4 fully saturated rings. The highest BCUT2D eigenvalue weighted by molar-refractivity contribution is 6.00. The molecule has 2 bridgehead atoms. The number of likely N-dealkylation sites (tertiary alicyclic amines) is 1. The number of carbonyl (C=O) groups is 2. The zero-order valence-corrected chi connectivity index (χ0v) is 15.6. The van der Waals surface area contributed by atoms with Crippen LogP contribution in [0.1, 0.15) is 54.7 Å². The predicted octanol–water partition coefficient (Wildman–Crippen LogP) is 4.21. The third-order valence-electron chi connectivity index (χ3n) is 6.82. The van der Waals surface area contributed by atoms with Gasteiger partial charge in [-0.15, -0.1) is 0 Å². The SMILES string of the molecule is O=C1CC(c2ccc(C(F)(F)F)cc2)CC(=O)N1C12CC(c3ccncc3)(C1)C2. The van der Waals surface area contributed by atoms with Gasteiger partial charge in [-0.25, -0.2) is 0 Å². The van der Waals surface area contributed by atoms with E-state index in [1.807, 2.05) is 12.1 Å². The molecule has 0 N–H and O–H groups in total. The van der Waals surface area contributed by atoms with E-state index >= 15 is 0 Å². The highest BCUT2D eigenvalue weighted by Gasteiger charge is 2.72. The second-order valence-electron chi connectivity index (χ2n) is 8.62. The number of hydrogen-bond donors (Lipinski definition) is 0. The van der Waals surface area contributed by atoms with E-state index in [0.29, 0.717) is 5.56 Å². The maximum atomic E-state index is 12.8. The van der Waals surface area contributed by atoms with Gasteiger partial charge in [-0.2, -0.15) is 13.2 Å². The number of imide groups is 1. The number of hydrogen-bond acceptors (Lipinski definition) is 3.